The van der Waals surface area contributed by atoms with Crippen molar-refractivity contribution < 1.29 is 0 Å². The number of nitrogens with zero attached hydrogens (tertiary/aromatic N) is 1. The first-order chi connectivity index (χ1) is 21.3. The third kappa shape index (κ3) is 3.82. The molecule has 0 N–H and O–H groups in total. The molecule has 1 aromatic heterocycles. The normalized spacial score (nSPS) is 12.1. The fourth-order valence-electron chi connectivity index (χ4n) is 7.07. The van der Waals surface area contributed by atoms with Gasteiger partial charge in [0.25, 0.3) is 0 Å². The molecule has 0 fully saturated rings. The molecule has 0 radical (unpaired) electrons. The summed E-state index contributed by atoms with van der Waals surface area (Å²) < 4.78 is 0. The molecule has 0 spiro atoms. The predicted molar refractivity (Wildman–Crippen MR) is 181 cm³/mol. The molecule has 1 heterocycles. The topological polar surface area (TPSA) is 12.9 Å². The van der Waals surface area contributed by atoms with Crippen molar-refractivity contribution in [1.29, 1.82) is 0 Å². The second-order valence-electron chi connectivity index (χ2n) is 11.5. The highest BCUT2D eigenvalue weighted by molar-refractivity contribution is 6.25. The average molecular weight is 546 g/mol. The van der Waals surface area contributed by atoms with Gasteiger partial charge in [-0.15, -0.1) is 0 Å². The summed E-state index contributed by atoms with van der Waals surface area (Å²) in [6, 6.07) is 55.0. The van der Waals surface area contributed by atoms with Gasteiger partial charge in [-0.2, -0.15) is 0 Å². The summed E-state index contributed by atoms with van der Waals surface area (Å²) in [4.78, 5) is 5.29. The van der Waals surface area contributed by atoms with Gasteiger partial charge in [0.2, 0.25) is 0 Å². The summed E-state index contributed by atoms with van der Waals surface area (Å²) in [6.07, 6.45) is 0.839. The molecule has 1 nitrogen and oxygen atoms in total. The van der Waals surface area contributed by atoms with E-state index in [0.717, 1.165) is 23.4 Å². The minimum Gasteiger partial charge on any atom is -0.252 e. The van der Waals surface area contributed by atoms with E-state index < -0.39 is 0 Å². The van der Waals surface area contributed by atoms with Crippen molar-refractivity contribution >= 4 is 32.3 Å². The number of hydrogen-bond donors (Lipinski definition) is 0. The average Bonchev–Trinajstić information content (AvgIpc) is 3.47. The molecule has 200 valence electrons. The van der Waals surface area contributed by atoms with Crippen molar-refractivity contribution in [3.8, 4) is 44.6 Å². The van der Waals surface area contributed by atoms with Gasteiger partial charge in [0.1, 0.15) is 0 Å². The van der Waals surface area contributed by atoms with E-state index >= 15 is 0 Å². The number of fused-ring (bicyclic) bond motifs is 9. The van der Waals surface area contributed by atoms with Gasteiger partial charge in [0.15, 0.2) is 0 Å². The standard InChI is InChI=1S/C42H27N/c1-2-10-27(11-3-1)28-12-8-13-29(24-28)31-18-9-19-36-38-22-23-41(43-42(38)26-40(31)36)30-20-21-37-34-16-5-4-14-32(34)33-15-6-7-17-35(33)39(37)25-30/h1-25H,26H2. The summed E-state index contributed by atoms with van der Waals surface area (Å²) >= 11 is 0. The quantitative estimate of drug-likeness (QED) is 0.201. The maximum atomic E-state index is 5.29. The molecule has 8 aromatic rings. The van der Waals surface area contributed by atoms with Gasteiger partial charge in [-0.05, 0) is 83.9 Å². The molecule has 43 heavy (non-hydrogen) atoms. The number of rotatable bonds is 3. The van der Waals surface area contributed by atoms with Crippen LogP contribution >= 0.6 is 0 Å². The third-order valence-electron chi connectivity index (χ3n) is 9.11. The zero-order chi connectivity index (χ0) is 28.3. The first-order valence-corrected chi connectivity index (χ1v) is 14.9. The van der Waals surface area contributed by atoms with Crippen LogP contribution in [0.25, 0.3) is 77.0 Å². The molecule has 7 aromatic carbocycles. The molecule has 1 aliphatic rings. The zero-order valence-corrected chi connectivity index (χ0v) is 23.6. The SMILES string of the molecule is c1ccc(-c2cccc(-c3cccc4c3Cc3nc(-c5ccc6c7ccccc7c7ccccc7c6c5)ccc3-4)c2)cc1. The first kappa shape index (κ1) is 24.1. The highest BCUT2D eigenvalue weighted by atomic mass is 14.7. The van der Waals surface area contributed by atoms with Crippen LogP contribution in [0.2, 0.25) is 0 Å². The lowest BCUT2D eigenvalue weighted by Gasteiger charge is -2.12. The van der Waals surface area contributed by atoms with E-state index in [1.165, 1.54) is 71.3 Å². The van der Waals surface area contributed by atoms with Crippen molar-refractivity contribution in [3.63, 3.8) is 0 Å². The van der Waals surface area contributed by atoms with Crippen LogP contribution in [-0.2, 0) is 6.42 Å². The monoisotopic (exact) mass is 545 g/mol. The van der Waals surface area contributed by atoms with E-state index in [1.807, 2.05) is 0 Å². The minimum atomic E-state index is 0.839. The van der Waals surface area contributed by atoms with E-state index in [2.05, 4.69) is 152 Å². The summed E-state index contributed by atoms with van der Waals surface area (Å²) in [5.41, 5.74) is 12.3. The highest BCUT2D eigenvalue weighted by Crippen LogP contribution is 2.43. The zero-order valence-electron chi connectivity index (χ0n) is 23.6. The molecular formula is C42H27N. The molecule has 0 atom stereocenters. The summed E-state index contributed by atoms with van der Waals surface area (Å²) in [5.74, 6) is 0. The predicted octanol–water partition coefficient (Wildman–Crippen LogP) is 11.1. The van der Waals surface area contributed by atoms with Crippen molar-refractivity contribution in [2.45, 2.75) is 6.42 Å². The Labute approximate surface area is 250 Å². The Morgan fingerprint density at radius 1 is 0.349 bits per heavy atom. The Kier molecular flexibility index (Phi) is 5.33. The number of pyridine rings is 1. The molecular weight excluding hydrogens is 518 g/mol. The molecule has 0 saturated heterocycles. The first-order valence-electron chi connectivity index (χ1n) is 14.9. The van der Waals surface area contributed by atoms with E-state index in [0.29, 0.717) is 0 Å². The minimum absolute atomic E-state index is 0.839. The van der Waals surface area contributed by atoms with Gasteiger partial charge >= 0.3 is 0 Å². The lowest BCUT2D eigenvalue weighted by Crippen LogP contribution is -1.92. The maximum Gasteiger partial charge on any atom is 0.0706 e. The maximum absolute atomic E-state index is 5.29. The van der Waals surface area contributed by atoms with Crippen molar-refractivity contribution in [1.82, 2.24) is 4.98 Å². The largest absolute Gasteiger partial charge is 0.252 e. The van der Waals surface area contributed by atoms with E-state index in [-0.39, 0.29) is 0 Å². The van der Waals surface area contributed by atoms with Crippen LogP contribution in [0.1, 0.15) is 11.3 Å². The van der Waals surface area contributed by atoms with Crippen molar-refractivity contribution in [3.05, 3.63) is 163 Å². The Balaban J connectivity index is 1.14. The van der Waals surface area contributed by atoms with Crippen LogP contribution in [0.4, 0.5) is 0 Å². The third-order valence-corrected chi connectivity index (χ3v) is 9.11. The van der Waals surface area contributed by atoms with Crippen LogP contribution < -0.4 is 0 Å². The fourth-order valence-corrected chi connectivity index (χ4v) is 7.07. The van der Waals surface area contributed by atoms with E-state index in [9.17, 15) is 0 Å². The Morgan fingerprint density at radius 2 is 0.953 bits per heavy atom. The van der Waals surface area contributed by atoms with E-state index in [1.54, 1.807) is 0 Å². The second kappa shape index (κ2) is 9.51. The molecule has 0 aliphatic heterocycles. The molecule has 0 unspecified atom stereocenters. The van der Waals surface area contributed by atoms with Crippen LogP contribution in [-0.4, -0.2) is 4.98 Å². The fraction of sp³-hybridized carbons (Fsp3) is 0.0238. The lowest BCUT2D eigenvalue weighted by atomic mass is 9.92. The number of aromatic nitrogens is 1. The Bertz CT molecular complexity index is 2330. The molecule has 1 aliphatic carbocycles. The van der Waals surface area contributed by atoms with Gasteiger partial charge in [-0.1, -0.05) is 133 Å². The van der Waals surface area contributed by atoms with Crippen molar-refractivity contribution in [2.24, 2.45) is 0 Å². The number of hydrogen-bond acceptors (Lipinski definition) is 1. The van der Waals surface area contributed by atoms with Crippen LogP contribution in [0, 0.1) is 0 Å². The molecule has 0 amide bonds. The van der Waals surface area contributed by atoms with Crippen molar-refractivity contribution in [2.75, 3.05) is 0 Å². The van der Waals surface area contributed by atoms with Gasteiger partial charge in [-0.3, -0.25) is 4.98 Å². The van der Waals surface area contributed by atoms with Gasteiger partial charge in [0.05, 0.1) is 11.4 Å². The Hall–Kier alpha value is -5.53. The smallest absolute Gasteiger partial charge is 0.0706 e. The van der Waals surface area contributed by atoms with Crippen LogP contribution in [0.3, 0.4) is 0 Å². The Morgan fingerprint density at radius 3 is 1.72 bits per heavy atom. The van der Waals surface area contributed by atoms with Crippen LogP contribution in [0.15, 0.2) is 152 Å². The van der Waals surface area contributed by atoms with E-state index in [4.69, 9.17) is 4.98 Å². The van der Waals surface area contributed by atoms with Gasteiger partial charge < -0.3 is 0 Å². The summed E-state index contributed by atoms with van der Waals surface area (Å²) in [7, 11) is 0. The molecule has 0 saturated carbocycles. The lowest BCUT2D eigenvalue weighted by molar-refractivity contribution is 1.13. The molecule has 0 bridgehead atoms. The van der Waals surface area contributed by atoms with Gasteiger partial charge in [-0.25, -0.2) is 0 Å². The number of benzene rings is 7. The molecule has 9 rings (SSSR count). The summed E-state index contributed by atoms with van der Waals surface area (Å²) in [5, 5.41) is 7.74. The molecule has 1 heteroatoms. The second-order valence-corrected chi connectivity index (χ2v) is 11.5. The summed E-state index contributed by atoms with van der Waals surface area (Å²) in [6.45, 7) is 0. The van der Waals surface area contributed by atoms with Gasteiger partial charge in [0, 0.05) is 17.5 Å². The van der Waals surface area contributed by atoms with Crippen LogP contribution in [0.5, 0.6) is 0 Å². The highest BCUT2D eigenvalue weighted by Gasteiger charge is 2.23.